The molecule has 4 atom stereocenters. The van der Waals surface area contributed by atoms with E-state index in [4.69, 9.17) is 23.7 Å². The van der Waals surface area contributed by atoms with E-state index in [9.17, 15) is 14.4 Å². The molecule has 0 aliphatic carbocycles. The number of carbonyl (C=O) groups excluding carboxylic acids is 3. The van der Waals surface area contributed by atoms with Crippen molar-refractivity contribution in [3.05, 3.63) is 108 Å². The first-order valence-electron chi connectivity index (χ1n) is 11.0. The summed E-state index contributed by atoms with van der Waals surface area (Å²) in [6, 6.07) is 25.2. The second-order valence-electron chi connectivity index (χ2n) is 7.72. The monoisotopic (exact) mass is 476 g/mol. The standard InChI is InChI=1S/C27H24O8/c1-31-27-23(35-26(30)20-15-9-4-10-16-20)22(34-25(29)19-13-7-3-8-14-19)21(33-27)17-32-24(28)18-11-5-2-6-12-18/h2-16,21-23,27H,17H2,1H3/t21?,22-,23-,27?/m1/s1. The number of hydrogen-bond donors (Lipinski definition) is 0. The van der Waals surface area contributed by atoms with Gasteiger partial charge in [0.2, 0.25) is 0 Å². The van der Waals surface area contributed by atoms with Gasteiger partial charge in [-0.05, 0) is 36.4 Å². The first-order chi connectivity index (χ1) is 17.1. The molecule has 8 nitrogen and oxygen atoms in total. The van der Waals surface area contributed by atoms with E-state index in [-0.39, 0.29) is 6.61 Å². The Morgan fingerprint density at radius 1 is 0.657 bits per heavy atom. The van der Waals surface area contributed by atoms with Crippen molar-refractivity contribution < 1.29 is 38.1 Å². The minimum atomic E-state index is -1.10. The minimum absolute atomic E-state index is 0.250. The van der Waals surface area contributed by atoms with E-state index >= 15 is 0 Å². The maximum Gasteiger partial charge on any atom is 0.338 e. The quantitative estimate of drug-likeness (QED) is 0.359. The van der Waals surface area contributed by atoms with Gasteiger partial charge in [0.15, 0.2) is 18.5 Å². The van der Waals surface area contributed by atoms with Gasteiger partial charge in [0.1, 0.15) is 12.7 Å². The third-order valence-electron chi connectivity index (χ3n) is 5.39. The van der Waals surface area contributed by atoms with E-state index in [0.717, 1.165) is 0 Å². The summed E-state index contributed by atoms with van der Waals surface area (Å²) in [5.41, 5.74) is 0.981. The summed E-state index contributed by atoms with van der Waals surface area (Å²) in [4.78, 5) is 38.0. The first-order valence-corrected chi connectivity index (χ1v) is 11.0. The molecule has 0 aromatic heterocycles. The van der Waals surface area contributed by atoms with E-state index in [1.807, 2.05) is 0 Å². The molecule has 3 aromatic rings. The van der Waals surface area contributed by atoms with Crippen LogP contribution in [0.15, 0.2) is 91.0 Å². The molecule has 35 heavy (non-hydrogen) atoms. The Bertz CT molecular complexity index is 1130. The van der Waals surface area contributed by atoms with Crippen molar-refractivity contribution in [3.8, 4) is 0 Å². The van der Waals surface area contributed by atoms with Crippen molar-refractivity contribution in [2.45, 2.75) is 24.6 Å². The van der Waals surface area contributed by atoms with E-state index in [1.54, 1.807) is 91.0 Å². The van der Waals surface area contributed by atoms with Crippen LogP contribution in [0.5, 0.6) is 0 Å². The maximum absolute atomic E-state index is 12.8. The van der Waals surface area contributed by atoms with E-state index < -0.39 is 42.5 Å². The van der Waals surface area contributed by atoms with E-state index in [1.165, 1.54) is 7.11 Å². The lowest BCUT2D eigenvalue weighted by atomic mass is 10.1. The average Bonchev–Trinajstić information content (AvgIpc) is 3.24. The molecule has 0 saturated carbocycles. The summed E-state index contributed by atoms with van der Waals surface area (Å²) < 4.78 is 28.0. The van der Waals surface area contributed by atoms with Gasteiger partial charge in [-0.2, -0.15) is 0 Å². The van der Waals surface area contributed by atoms with Crippen molar-refractivity contribution in [2.24, 2.45) is 0 Å². The fourth-order valence-electron chi connectivity index (χ4n) is 3.63. The summed E-state index contributed by atoms with van der Waals surface area (Å²) in [5, 5.41) is 0. The fourth-order valence-corrected chi connectivity index (χ4v) is 3.63. The predicted octanol–water partition coefficient (Wildman–Crippen LogP) is 3.67. The molecule has 0 radical (unpaired) electrons. The summed E-state index contributed by atoms with van der Waals surface area (Å²) in [6.07, 6.45) is -4.17. The van der Waals surface area contributed by atoms with Crippen molar-refractivity contribution in [2.75, 3.05) is 13.7 Å². The molecule has 2 unspecified atom stereocenters. The van der Waals surface area contributed by atoms with Crippen LogP contribution in [0.25, 0.3) is 0 Å². The van der Waals surface area contributed by atoms with Crippen LogP contribution in [0.1, 0.15) is 31.1 Å². The highest BCUT2D eigenvalue weighted by molar-refractivity contribution is 5.90. The third kappa shape index (κ3) is 5.92. The molecule has 3 aromatic carbocycles. The van der Waals surface area contributed by atoms with Crippen molar-refractivity contribution in [3.63, 3.8) is 0 Å². The Hall–Kier alpha value is -4.01. The van der Waals surface area contributed by atoms with Crippen molar-refractivity contribution >= 4 is 17.9 Å². The molecule has 0 spiro atoms. The maximum atomic E-state index is 12.8. The van der Waals surface area contributed by atoms with E-state index in [0.29, 0.717) is 16.7 Å². The lowest BCUT2D eigenvalue weighted by Gasteiger charge is -2.24. The summed E-state index contributed by atoms with van der Waals surface area (Å²) in [6.45, 7) is -0.250. The van der Waals surface area contributed by atoms with Crippen LogP contribution in [0.4, 0.5) is 0 Å². The van der Waals surface area contributed by atoms with Gasteiger partial charge in [-0.3, -0.25) is 0 Å². The Kier molecular flexibility index (Phi) is 7.87. The van der Waals surface area contributed by atoms with Crippen LogP contribution >= 0.6 is 0 Å². The van der Waals surface area contributed by atoms with Crippen LogP contribution < -0.4 is 0 Å². The number of carbonyl (C=O) groups is 3. The fraction of sp³-hybridized carbons (Fsp3) is 0.222. The topological polar surface area (TPSA) is 97.4 Å². The van der Waals surface area contributed by atoms with Crippen LogP contribution in [-0.4, -0.2) is 56.2 Å². The van der Waals surface area contributed by atoms with E-state index in [2.05, 4.69) is 0 Å². The number of rotatable bonds is 8. The first kappa shape index (κ1) is 24.1. The highest BCUT2D eigenvalue weighted by atomic mass is 16.7. The predicted molar refractivity (Wildman–Crippen MR) is 124 cm³/mol. The van der Waals surface area contributed by atoms with Gasteiger partial charge in [-0.15, -0.1) is 0 Å². The third-order valence-corrected chi connectivity index (χ3v) is 5.39. The zero-order valence-electron chi connectivity index (χ0n) is 18.9. The molecule has 0 amide bonds. The number of benzene rings is 3. The molecule has 1 fully saturated rings. The van der Waals surface area contributed by atoms with Gasteiger partial charge in [0.25, 0.3) is 0 Å². The lowest BCUT2D eigenvalue weighted by Crippen LogP contribution is -2.42. The number of methoxy groups -OCH3 is 1. The highest BCUT2D eigenvalue weighted by Gasteiger charge is 2.50. The van der Waals surface area contributed by atoms with Crippen LogP contribution in [0, 0.1) is 0 Å². The molecule has 4 rings (SSSR count). The summed E-state index contributed by atoms with van der Waals surface area (Å²) >= 11 is 0. The zero-order valence-corrected chi connectivity index (χ0v) is 18.9. The average molecular weight is 476 g/mol. The van der Waals surface area contributed by atoms with Crippen molar-refractivity contribution in [1.82, 2.24) is 0 Å². The van der Waals surface area contributed by atoms with Gasteiger partial charge in [0.05, 0.1) is 16.7 Å². The van der Waals surface area contributed by atoms with Crippen LogP contribution in [0.3, 0.4) is 0 Å². The molecule has 1 saturated heterocycles. The number of hydrogen-bond acceptors (Lipinski definition) is 8. The summed E-state index contributed by atoms with van der Waals surface area (Å²) in [5.74, 6) is -1.85. The normalized spacial score (nSPS) is 21.2. The number of esters is 3. The molecule has 0 N–H and O–H groups in total. The van der Waals surface area contributed by atoms with Gasteiger partial charge >= 0.3 is 17.9 Å². The highest BCUT2D eigenvalue weighted by Crippen LogP contribution is 2.29. The van der Waals surface area contributed by atoms with Gasteiger partial charge in [-0.25, -0.2) is 14.4 Å². The minimum Gasteiger partial charge on any atom is -0.459 e. The largest absolute Gasteiger partial charge is 0.459 e. The SMILES string of the molecule is COC1OC(COC(=O)c2ccccc2)[C@@H](OC(=O)c2ccccc2)[C@H]1OC(=O)c1ccccc1. The second kappa shape index (κ2) is 11.4. The molecule has 8 heteroatoms. The molecule has 1 aliphatic heterocycles. The smallest absolute Gasteiger partial charge is 0.338 e. The Morgan fingerprint density at radius 3 is 1.54 bits per heavy atom. The van der Waals surface area contributed by atoms with Crippen molar-refractivity contribution in [1.29, 1.82) is 0 Å². The van der Waals surface area contributed by atoms with Gasteiger partial charge < -0.3 is 23.7 Å². The molecule has 1 heterocycles. The Morgan fingerprint density at radius 2 is 1.09 bits per heavy atom. The molecule has 1 aliphatic rings. The molecular weight excluding hydrogens is 452 g/mol. The second-order valence-corrected chi connectivity index (χ2v) is 7.72. The summed E-state index contributed by atoms with van der Waals surface area (Å²) in [7, 11) is 1.38. The Balaban J connectivity index is 1.54. The van der Waals surface area contributed by atoms with Gasteiger partial charge in [0, 0.05) is 7.11 Å². The van der Waals surface area contributed by atoms with Crippen LogP contribution in [-0.2, 0) is 23.7 Å². The lowest BCUT2D eigenvalue weighted by molar-refractivity contribution is -0.155. The zero-order chi connectivity index (χ0) is 24.6. The molecule has 0 bridgehead atoms. The van der Waals surface area contributed by atoms with Gasteiger partial charge in [-0.1, -0.05) is 54.6 Å². The Labute approximate surface area is 202 Å². The molecular formula is C27H24O8. The van der Waals surface area contributed by atoms with Crippen LogP contribution in [0.2, 0.25) is 0 Å². The number of ether oxygens (including phenoxy) is 5. The molecule has 180 valence electrons.